The molecule has 0 saturated carbocycles. The Labute approximate surface area is 120 Å². The summed E-state index contributed by atoms with van der Waals surface area (Å²) in [5, 5.41) is 17.6. The molecule has 0 saturated heterocycles. The van der Waals surface area contributed by atoms with Crippen LogP contribution in [0.25, 0.3) is 0 Å². The predicted molar refractivity (Wildman–Crippen MR) is 76.6 cm³/mol. The number of nitrogens with two attached hydrogens (primary N) is 1. The molecule has 0 aliphatic rings. The number of hydrogen-bond donors (Lipinski definition) is 2. The summed E-state index contributed by atoms with van der Waals surface area (Å²) < 4.78 is 1.70. The van der Waals surface area contributed by atoms with Gasteiger partial charge in [-0.25, -0.2) is 0 Å². The molecule has 3 N–H and O–H groups in total. The summed E-state index contributed by atoms with van der Waals surface area (Å²) in [4.78, 5) is 22.3. The highest BCUT2D eigenvalue weighted by atomic mass is 16.6. The molecule has 0 unspecified atom stereocenters. The molecule has 1 aromatic heterocycles. The Balaban J connectivity index is 2.16. The number of nitro groups is 1. The zero-order valence-corrected chi connectivity index (χ0v) is 11.7. The van der Waals surface area contributed by atoms with E-state index in [4.69, 9.17) is 5.73 Å². The van der Waals surface area contributed by atoms with Crippen molar-refractivity contribution in [1.29, 1.82) is 0 Å². The summed E-state index contributed by atoms with van der Waals surface area (Å²) in [6.45, 7) is 2.16. The fraction of sp³-hybridized carbons (Fsp3) is 0.231. The van der Waals surface area contributed by atoms with E-state index in [1.54, 1.807) is 17.9 Å². The highest BCUT2D eigenvalue weighted by molar-refractivity contribution is 6.00. The number of para-hydroxylation sites is 1. The molecule has 2 aromatic rings. The third kappa shape index (κ3) is 2.83. The standard InChI is InChI=1S/C13H15N5O3/c1-8-9(7-16-17(8)2)6-15-13(19)10-4-3-5-11(12(10)14)18(20)21/h3-5,7H,6,14H2,1-2H3,(H,15,19). The number of hydrogen-bond acceptors (Lipinski definition) is 5. The van der Waals surface area contributed by atoms with E-state index in [1.807, 2.05) is 6.92 Å². The average molecular weight is 289 g/mol. The number of aryl methyl sites for hydroxylation is 1. The van der Waals surface area contributed by atoms with Crippen molar-refractivity contribution in [2.24, 2.45) is 7.05 Å². The molecule has 2 rings (SSSR count). The van der Waals surface area contributed by atoms with Crippen LogP contribution in [0.5, 0.6) is 0 Å². The van der Waals surface area contributed by atoms with E-state index in [0.717, 1.165) is 11.3 Å². The maximum atomic E-state index is 12.1. The highest BCUT2D eigenvalue weighted by Crippen LogP contribution is 2.24. The fourth-order valence-electron chi connectivity index (χ4n) is 1.90. The second-order valence-corrected chi connectivity index (χ2v) is 4.56. The molecule has 21 heavy (non-hydrogen) atoms. The lowest BCUT2D eigenvalue weighted by Gasteiger charge is -2.07. The van der Waals surface area contributed by atoms with Crippen LogP contribution in [0.3, 0.4) is 0 Å². The van der Waals surface area contributed by atoms with Crippen molar-refractivity contribution in [3.8, 4) is 0 Å². The molecule has 0 aliphatic carbocycles. The summed E-state index contributed by atoms with van der Waals surface area (Å²) in [5.74, 6) is -0.459. The molecule has 1 aromatic carbocycles. The Morgan fingerprint density at radius 1 is 1.52 bits per heavy atom. The van der Waals surface area contributed by atoms with Crippen molar-refractivity contribution < 1.29 is 9.72 Å². The van der Waals surface area contributed by atoms with Crippen molar-refractivity contribution in [3.05, 3.63) is 51.3 Å². The Bertz CT molecular complexity index is 708. The van der Waals surface area contributed by atoms with Gasteiger partial charge in [0.1, 0.15) is 5.69 Å². The molecule has 0 bridgehead atoms. The number of nitro benzene ring substituents is 1. The number of nitrogen functional groups attached to an aromatic ring is 1. The van der Waals surface area contributed by atoms with Crippen LogP contribution in [0.2, 0.25) is 0 Å². The largest absolute Gasteiger partial charge is 0.393 e. The van der Waals surface area contributed by atoms with Gasteiger partial charge in [-0.05, 0) is 13.0 Å². The predicted octanol–water partition coefficient (Wildman–Crippen LogP) is 1.15. The Kier molecular flexibility index (Phi) is 3.88. The van der Waals surface area contributed by atoms with Crippen molar-refractivity contribution >= 4 is 17.3 Å². The number of nitrogens with zero attached hydrogens (tertiary/aromatic N) is 3. The highest BCUT2D eigenvalue weighted by Gasteiger charge is 2.19. The van der Waals surface area contributed by atoms with E-state index in [1.165, 1.54) is 18.2 Å². The number of carbonyl (C=O) groups excluding carboxylic acids is 1. The smallest absolute Gasteiger partial charge is 0.292 e. The van der Waals surface area contributed by atoms with Crippen molar-refractivity contribution in [1.82, 2.24) is 15.1 Å². The number of benzene rings is 1. The number of nitrogens with one attached hydrogen (secondary N) is 1. The van der Waals surface area contributed by atoms with Gasteiger partial charge in [0.05, 0.1) is 16.7 Å². The molecule has 0 fully saturated rings. The lowest BCUT2D eigenvalue weighted by molar-refractivity contribution is -0.383. The summed E-state index contributed by atoms with van der Waals surface area (Å²) in [7, 11) is 1.80. The summed E-state index contributed by atoms with van der Waals surface area (Å²) in [6.07, 6.45) is 1.66. The van der Waals surface area contributed by atoms with E-state index in [2.05, 4.69) is 10.4 Å². The second-order valence-electron chi connectivity index (χ2n) is 4.56. The first-order valence-electron chi connectivity index (χ1n) is 6.20. The van der Waals surface area contributed by atoms with Gasteiger partial charge in [-0.1, -0.05) is 6.07 Å². The van der Waals surface area contributed by atoms with Gasteiger partial charge in [-0.3, -0.25) is 19.6 Å². The third-order valence-electron chi connectivity index (χ3n) is 3.30. The van der Waals surface area contributed by atoms with Crippen LogP contribution >= 0.6 is 0 Å². The van der Waals surface area contributed by atoms with Crippen molar-refractivity contribution in [2.75, 3.05) is 5.73 Å². The van der Waals surface area contributed by atoms with Gasteiger partial charge >= 0.3 is 0 Å². The molecule has 1 amide bonds. The Hall–Kier alpha value is -2.90. The van der Waals surface area contributed by atoms with Gasteiger partial charge in [0, 0.05) is 30.9 Å². The van der Waals surface area contributed by atoms with E-state index < -0.39 is 10.8 Å². The van der Waals surface area contributed by atoms with E-state index >= 15 is 0 Å². The van der Waals surface area contributed by atoms with Crippen molar-refractivity contribution in [2.45, 2.75) is 13.5 Å². The first-order valence-corrected chi connectivity index (χ1v) is 6.20. The van der Waals surface area contributed by atoms with E-state index in [0.29, 0.717) is 0 Å². The first kappa shape index (κ1) is 14.5. The minimum Gasteiger partial charge on any atom is -0.393 e. The van der Waals surface area contributed by atoms with E-state index in [9.17, 15) is 14.9 Å². The fourth-order valence-corrected chi connectivity index (χ4v) is 1.90. The maximum Gasteiger partial charge on any atom is 0.292 e. The Morgan fingerprint density at radius 3 is 2.81 bits per heavy atom. The van der Waals surface area contributed by atoms with Crippen LogP contribution in [0.15, 0.2) is 24.4 Å². The van der Waals surface area contributed by atoms with Gasteiger partial charge in [0.15, 0.2) is 0 Å². The van der Waals surface area contributed by atoms with E-state index in [-0.39, 0.29) is 23.5 Å². The minimum absolute atomic E-state index is 0.0887. The SMILES string of the molecule is Cc1c(CNC(=O)c2cccc([N+](=O)[O-])c2N)cnn1C. The molecular weight excluding hydrogens is 274 g/mol. The van der Waals surface area contributed by atoms with Gasteiger partial charge in [0.25, 0.3) is 11.6 Å². The molecule has 8 nitrogen and oxygen atoms in total. The summed E-state index contributed by atoms with van der Waals surface area (Å²) in [5.41, 5.74) is 7.15. The van der Waals surface area contributed by atoms with Crippen LogP contribution in [0, 0.1) is 17.0 Å². The first-order chi connectivity index (χ1) is 9.91. The number of aromatic nitrogens is 2. The van der Waals surface area contributed by atoms with Crippen LogP contribution in [0.1, 0.15) is 21.6 Å². The van der Waals surface area contributed by atoms with Crippen molar-refractivity contribution in [3.63, 3.8) is 0 Å². The lowest BCUT2D eigenvalue weighted by atomic mass is 10.1. The number of carbonyl (C=O) groups is 1. The summed E-state index contributed by atoms with van der Waals surface area (Å²) in [6, 6.07) is 4.14. The zero-order chi connectivity index (χ0) is 15.6. The molecule has 1 heterocycles. The molecule has 0 atom stereocenters. The minimum atomic E-state index is -0.614. The topological polar surface area (TPSA) is 116 Å². The van der Waals surface area contributed by atoms with Crippen LogP contribution < -0.4 is 11.1 Å². The maximum absolute atomic E-state index is 12.1. The normalized spacial score (nSPS) is 10.4. The van der Waals surface area contributed by atoms with Gasteiger partial charge in [0.2, 0.25) is 0 Å². The van der Waals surface area contributed by atoms with Gasteiger partial charge < -0.3 is 11.1 Å². The number of anilines is 1. The van der Waals surface area contributed by atoms with Gasteiger partial charge in [-0.2, -0.15) is 5.10 Å². The van der Waals surface area contributed by atoms with Gasteiger partial charge in [-0.15, -0.1) is 0 Å². The summed E-state index contributed by atoms with van der Waals surface area (Å²) >= 11 is 0. The molecule has 0 spiro atoms. The van der Waals surface area contributed by atoms with Crippen LogP contribution in [0.4, 0.5) is 11.4 Å². The second kappa shape index (κ2) is 5.61. The lowest BCUT2D eigenvalue weighted by Crippen LogP contribution is -2.24. The molecule has 0 aliphatic heterocycles. The zero-order valence-electron chi connectivity index (χ0n) is 11.7. The molecule has 8 heteroatoms. The number of rotatable bonds is 4. The third-order valence-corrected chi connectivity index (χ3v) is 3.30. The molecular formula is C13H15N5O3. The molecule has 110 valence electrons. The van der Waals surface area contributed by atoms with Crippen LogP contribution in [-0.2, 0) is 13.6 Å². The monoisotopic (exact) mass is 289 g/mol. The quantitative estimate of drug-likeness (QED) is 0.497. The van der Waals surface area contributed by atoms with Crippen LogP contribution in [-0.4, -0.2) is 20.6 Å². The Morgan fingerprint density at radius 2 is 2.24 bits per heavy atom. The number of amides is 1. The average Bonchev–Trinajstić information content (AvgIpc) is 2.76. The molecule has 0 radical (unpaired) electrons.